The molecule has 16 heavy (non-hydrogen) atoms. The summed E-state index contributed by atoms with van der Waals surface area (Å²) in [6.07, 6.45) is 0. The van der Waals surface area contributed by atoms with Crippen molar-refractivity contribution in [3.8, 4) is 11.1 Å². The van der Waals surface area contributed by atoms with Gasteiger partial charge < -0.3 is 5.73 Å². The average Bonchev–Trinajstić information content (AvgIpc) is 2.56. The predicted octanol–water partition coefficient (Wildman–Crippen LogP) is 3.33. The Morgan fingerprint density at radius 2 is 1.25 bits per heavy atom. The van der Waals surface area contributed by atoms with E-state index in [1.54, 1.807) is 0 Å². The Bertz CT molecular complexity index is 518. The molecule has 2 aromatic rings. The molecule has 0 radical (unpaired) electrons. The molecule has 0 fully saturated rings. The molecule has 2 N–H and O–H groups in total. The molecular weight excluding hydrogens is 194 g/mol. The fraction of sp³-hybridized carbons (Fsp3) is 0.200. The molecule has 0 aromatic heterocycles. The number of nitrogens with two attached hydrogens (primary N) is 1. The van der Waals surface area contributed by atoms with Gasteiger partial charge in [-0.25, -0.2) is 0 Å². The zero-order valence-corrected chi connectivity index (χ0v) is 9.62. The van der Waals surface area contributed by atoms with Crippen molar-refractivity contribution in [2.24, 2.45) is 5.73 Å². The quantitative estimate of drug-likeness (QED) is 0.707. The molecule has 0 amide bonds. The Morgan fingerprint density at radius 1 is 0.812 bits per heavy atom. The van der Waals surface area contributed by atoms with Gasteiger partial charge in [-0.1, -0.05) is 36.4 Å². The molecule has 3 rings (SSSR count). The summed E-state index contributed by atoms with van der Waals surface area (Å²) in [5, 5.41) is 0. The van der Waals surface area contributed by atoms with Crippen LogP contribution in [0.5, 0.6) is 0 Å². The van der Waals surface area contributed by atoms with Gasteiger partial charge in [-0.05, 0) is 47.2 Å². The maximum Gasteiger partial charge on any atom is 0.0564 e. The molecule has 0 saturated heterocycles. The lowest BCUT2D eigenvalue weighted by Gasteiger charge is -2.07. The highest BCUT2D eigenvalue weighted by Crippen LogP contribution is 2.45. The molecule has 0 bridgehead atoms. The molecule has 0 atom stereocenters. The van der Waals surface area contributed by atoms with Crippen molar-refractivity contribution in [3.05, 3.63) is 58.7 Å². The summed E-state index contributed by atoms with van der Waals surface area (Å²) in [5.74, 6) is 0. The summed E-state index contributed by atoms with van der Waals surface area (Å²) in [4.78, 5) is 0. The molecule has 0 unspecified atom stereocenters. The minimum atomic E-state index is 0.0461. The monoisotopic (exact) mass is 209 g/mol. The van der Waals surface area contributed by atoms with Gasteiger partial charge in [-0.3, -0.25) is 0 Å². The number of aryl methyl sites for hydroxylation is 2. The second kappa shape index (κ2) is 3.19. The van der Waals surface area contributed by atoms with Crippen LogP contribution in [0.2, 0.25) is 0 Å². The SMILES string of the molecule is Cc1cccc2c1-c1c(C)cccc1C2N. The van der Waals surface area contributed by atoms with Gasteiger partial charge in [0.25, 0.3) is 0 Å². The second-order valence-electron chi connectivity index (χ2n) is 4.56. The van der Waals surface area contributed by atoms with Crippen LogP contribution in [0.1, 0.15) is 28.3 Å². The number of hydrogen-bond acceptors (Lipinski definition) is 1. The van der Waals surface area contributed by atoms with Crippen molar-refractivity contribution in [1.29, 1.82) is 0 Å². The highest BCUT2D eigenvalue weighted by molar-refractivity contribution is 5.83. The lowest BCUT2D eigenvalue weighted by atomic mass is 9.97. The summed E-state index contributed by atoms with van der Waals surface area (Å²) >= 11 is 0. The third-order valence-corrected chi connectivity index (χ3v) is 3.53. The summed E-state index contributed by atoms with van der Waals surface area (Å²) in [5.41, 5.74) is 14.2. The average molecular weight is 209 g/mol. The molecule has 0 saturated carbocycles. The van der Waals surface area contributed by atoms with Gasteiger partial charge in [0.15, 0.2) is 0 Å². The first-order chi connectivity index (χ1) is 7.70. The smallest absolute Gasteiger partial charge is 0.0564 e. The molecule has 1 aliphatic carbocycles. The maximum absolute atomic E-state index is 6.30. The van der Waals surface area contributed by atoms with Gasteiger partial charge in [0.1, 0.15) is 0 Å². The highest BCUT2D eigenvalue weighted by atomic mass is 14.7. The number of hydrogen-bond donors (Lipinski definition) is 1. The topological polar surface area (TPSA) is 26.0 Å². The van der Waals surface area contributed by atoms with E-state index in [0.717, 1.165) is 0 Å². The van der Waals surface area contributed by atoms with E-state index in [1.165, 1.54) is 33.4 Å². The first-order valence-electron chi connectivity index (χ1n) is 5.65. The first-order valence-corrected chi connectivity index (χ1v) is 5.65. The van der Waals surface area contributed by atoms with E-state index in [-0.39, 0.29) is 6.04 Å². The number of fused-ring (bicyclic) bond motifs is 3. The molecule has 0 aliphatic heterocycles. The molecule has 0 heterocycles. The lowest BCUT2D eigenvalue weighted by Crippen LogP contribution is -2.07. The Balaban J connectivity index is 2.43. The molecule has 1 aliphatic rings. The minimum Gasteiger partial charge on any atom is -0.320 e. The normalized spacial score (nSPS) is 13.7. The van der Waals surface area contributed by atoms with Gasteiger partial charge in [0.05, 0.1) is 6.04 Å². The fourth-order valence-electron chi connectivity index (χ4n) is 2.75. The van der Waals surface area contributed by atoms with Crippen LogP contribution in [0.15, 0.2) is 36.4 Å². The Labute approximate surface area is 95.9 Å². The van der Waals surface area contributed by atoms with E-state index >= 15 is 0 Å². The Hall–Kier alpha value is -1.60. The van der Waals surface area contributed by atoms with Crippen LogP contribution in [0, 0.1) is 13.8 Å². The van der Waals surface area contributed by atoms with Gasteiger partial charge in [0, 0.05) is 0 Å². The van der Waals surface area contributed by atoms with Crippen LogP contribution in [-0.2, 0) is 0 Å². The van der Waals surface area contributed by atoms with Crippen molar-refractivity contribution in [2.45, 2.75) is 19.9 Å². The van der Waals surface area contributed by atoms with Crippen molar-refractivity contribution >= 4 is 0 Å². The van der Waals surface area contributed by atoms with Crippen LogP contribution >= 0.6 is 0 Å². The third kappa shape index (κ3) is 1.09. The van der Waals surface area contributed by atoms with E-state index in [0.29, 0.717) is 0 Å². The fourth-order valence-corrected chi connectivity index (χ4v) is 2.75. The molecule has 2 aromatic carbocycles. The second-order valence-corrected chi connectivity index (χ2v) is 4.56. The van der Waals surface area contributed by atoms with Gasteiger partial charge in [-0.15, -0.1) is 0 Å². The maximum atomic E-state index is 6.30. The summed E-state index contributed by atoms with van der Waals surface area (Å²) < 4.78 is 0. The van der Waals surface area contributed by atoms with E-state index in [4.69, 9.17) is 5.73 Å². The van der Waals surface area contributed by atoms with Crippen LogP contribution in [0.4, 0.5) is 0 Å². The predicted molar refractivity (Wildman–Crippen MR) is 67.4 cm³/mol. The van der Waals surface area contributed by atoms with E-state index in [2.05, 4.69) is 50.2 Å². The van der Waals surface area contributed by atoms with Gasteiger partial charge >= 0.3 is 0 Å². The molecule has 80 valence electrons. The Morgan fingerprint density at radius 3 is 1.69 bits per heavy atom. The first kappa shape index (κ1) is 9.61. The van der Waals surface area contributed by atoms with Crippen LogP contribution in [0.3, 0.4) is 0 Å². The van der Waals surface area contributed by atoms with E-state index < -0.39 is 0 Å². The van der Waals surface area contributed by atoms with Crippen LogP contribution in [0.25, 0.3) is 11.1 Å². The van der Waals surface area contributed by atoms with Gasteiger partial charge in [-0.2, -0.15) is 0 Å². The minimum absolute atomic E-state index is 0.0461. The van der Waals surface area contributed by atoms with Crippen LogP contribution < -0.4 is 5.73 Å². The van der Waals surface area contributed by atoms with Crippen molar-refractivity contribution < 1.29 is 0 Å². The largest absolute Gasteiger partial charge is 0.320 e. The zero-order valence-electron chi connectivity index (χ0n) is 9.62. The highest BCUT2D eigenvalue weighted by Gasteiger charge is 2.27. The summed E-state index contributed by atoms with van der Waals surface area (Å²) in [6, 6.07) is 12.8. The summed E-state index contributed by atoms with van der Waals surface area (Å²) in [6.45, 7) is 4.32. The lowest BCUT2D eigenvalue weighted by molar-refractivity contribution is 0.899. The molecule has 1 heteroatoms. The van der Waals surface area contributed by atoms with Gasteiger partial charge in [0.2, 0.25) is 0 Å². The standard InChI is InChI=1S/C15H15N/c1-9-5-3-7-11-13(9)14-10(2)6-4-8-12(14)15(11)16/h3-8,15H,16H2,1-2H3. The van der Waals surface area contributed by atoms with Crippen molar-refractivity contribution in [3.63, 3.8) is 0 Å². The summed E-state index contributed by atoms with van der Waals surface area (Å²) in [7, 11) is 0. The van der Waals surface area contributed by atoms with E-state index in [1.807, 2.05) is 0 Å². The number of benzene rings is 2. The molecular formula is C15H15N. The van der Waals surface area contributed by atoms with E-state index in [9.17, 15) is 0 Å². The number of rotatable bonds is 0. The van der Waals surface area contributed by atoms with Crippen molar-refractivity contribution in [1.82, 2.24) is 0 Å². The Kier molecular flexibility index (Phi) is 1.92. The zero-order chi connectivity index (χ0) is 11.3. The third-order valence-electron chi connectivity index (χ3n) is 3.53. The van der Waals surface area contributed by atoms with Crippen molar-refractivity contribution in [2.75, 3.05) is 0 Å². The van der Waals surface area contributed by atoms with Crippen LogP contribution in [-0.4, -0.2) is 0 Å². The molecule has 1 nitrogen and oxygen atoms in total. The molecule has 0 spiro atoms.